The number of carbonyl (C=O) groups is 1. The van der Waals surface area contributed by atoms with Crippen molar-refractivity contribution in [2.24, 2.45) is 0 Å². The zero-order valence-electron chi connectivity index (χ0n) is 19.0. The van der Waals surface area contributed by atoms with Crippen LogP contribution in [-0.2, 0) is 11.3 Å². The maximum absolute atomic E-state index is 12.3. The number of likely N-dealkylation sites (tertiary alicyclic amines) is 1. The van der Waals surface area contributed by atoms with Crippen LogP contribution >= 0.6 is 0 Å². The smallest absolute Gasteiger partial charge is 0.410 e. The van der Waals surface area contributed by atoms with E-state index in [1.165, 1.54) is 0 Å². The molecule has 0 aliphatic carbocycles. The van der Waals surface area contributed by atoms with Crippen molar-refractivity contribution in [2.45, 2.75) is 51.9 Å². The van der Waals surface area contributed by atoms with E-state index in [1.54, 1.807) is 11.1 Å². The molecular weight excluding hydrogens is 402 g/mol. The quantitative estimate of drug-likeness (QED) is 0.565. The third kappa shape index (κ3) is 5.49. The van der Waals surface area contributed by atoms with E-state index >= 15 is 0 Å². The Morgan fingerprint density at radius 3 is 2.53 bits per heavy atom. The van der Waals surface area contributed by atoms with Crippen molar-refractivity contribution in [2.75, 3.05) is 18.4 Å². The summed E-state index contributed by atoms with van der Waals surface area (Å²) in [5.74, 6) is 0.773. The maximum atomic E-state index is 12.3. The lowest BCUT2D eigenvalue weighted by Crippen LogP contribution is -2.44. The highest BCUT2D eigenvalue weighted by Crippen LogP contribution is 2.32. The molecule has 168 valence electrons. The van der Waals surface area contributed by atoms with Crippen LogP contribution in [0.1, 0.15) is 39.2 Å². The second-order valence-electron chi connectivity index (χ2n) is 9.17. The van der Waals surface area contributed by atoms with E-state index in [2.05, 4.69) is 34.6 Å². The lowest BCUT2D eigenvalue weighted by molar-refractivity contribution is 0.0210. The molecule has 2 heterocycles. The molecule has 2 aromatic carbocycles. The van der Waals surface area contributed by atoms with Gasteiger partial charge in [-0.05, 0) is 63.4 Å². The Labute approximate surface area is 189 Å². The monoisotopic (exact) mass is 433 g/mol. The van der Waals surface area contributed by atoms with Crippen molar-refractivity contribution in [3.63, 3.8) is 0 Å². The van der Waals surface area contributed by atoms with Gasteiger partial charge in [0, 0.05) is 36.4 Å². The zero-order valence-corrected chi connectivity index (χ0v) is 19.0. The highest BCUT2D eigenvalue weighted by Gasteiger charge is 2.27. The molecule has 0 bridgehead atoms. The molecule has 0 saturated carbocycles. The summed E-state index contributed by atoms with van der Waals surface area (Å²) < 4.78 is 11.6. The highest BCUT2D eigenvalue weighted by atomic mass is 16.6. The lowest BCUT2D eigenvalue weighted by Gasteiger charge is -2.34. The normalized spacial score (nSPS) is 14.9. The van der Waals surface area contributed by atoms with Crippen LogP contribution in [0, 0.1) is 0 Å². The van der Waals surface area contributed by atoms with Gasteiger partial charge >= 0.3 is 6.09 Å². The SMILES string of the molecule is CC(C)(C)OC(=O)N1CCC(Nc2ccc(OCc3ccccc3)c3ncccc23)CC1. The standard InChI is InChI=1S/C26H31N3O3/c1-26(2,3)32-25(30)29-16-13-20(14-17-29)28-22-11-12-23(24-21(22)10-7-15-27-24)31-18-19-8-5-4-6-9-19/h4-12,15,20,28H,13-14,16-18H2,1-3H3. The van der Waals surface area contributed by atoms with Gasteiger partial charge in [-0.2, -0.15) is 0 Å². The van der Waals surface area contributed by atoms with E-state index in [1.807, 2.05) is 51.1 Å². The molecule has 6 heteroatoms. The molecule has 0 unspecified atom stereocenters. The van der Waals surface area contributed by atoms with Gasteiger partial charge < -0.3 is 19.7 Å². The molecule has 0 spiro atoms. The van der Waals surface area contributed by atoms with Crippen LogP contribution in [0.3, 0.4) is 0 Å². The summed E-state index contributed by atoms with van der Waals surface area (Å²) in [6, 6.07) is 18.5. The molecule has 1 fully saturated rings. The van der Waals surface area contributed by atoms with Gasteiger partial charge in [0.2, 0.25) is 0 Å². The summed E-state index contributed by atoms with van der Waals surface area (Å²) in [6.07, 6.45) is 3.30. The Kier molecular flexibility index (Phi) is 6.49. The number of carbonyl (C=O) groups excluding carboxylic acids is 1. The molecule has 32 heavy (non-hydrogen) atoms. The second-order valence-corrected chi connectivity index (χ2v) is 9.17. The van der Waals surface area contributed by atoms with Crippen LogP contribution in [-0.4, -0.2) is 40.7 Å². The first-order valence-electron chi connectivity index (χ1n) is 11.2. The van der Waals surface area contributed by atoms with E-state index in [9.17, 15) is 4.79 Å². The minimum Gasteiger partial charge on any atom is -0.487 e. The van der Waals surface area contributed by atoms with E-state index in [0.29, 0.717) is 19.7 Å². The fraction of sp³-hybridized carbons (Fsp3) is 0.385. The van der Waals surface area contributed by atoms with Gasteiger partial charge in [0.05, 0.1) is 0 Å². The Hall–Kier alpha value is -3.28. The third-order valence-corrected chi connectivity index (χ3v) is 5.48. The molecular formula is C26H31N3O3. The number of nitrogens with one attached hydrogen (secondary N) is 1. The fourth-order valence-corrected chi connectivity index (χ4v) is 3.88. The number of rotatable bonds is 5. The van der Waals surface area contributed by atoms with Crippen LogP contribution in [0.15, 0.2) is 60.8 Å². The number of ether oxygens (including phenoxy) is 2. The van der Waals surface area contributed by atoms with Crippen LogP contribution in [0.25, 0.3) is 10.9 Å². The Balaban J connectivity index is 1.41. The number of aromatic nitrogens is 1. The molecule has 3 aromatic rings. The number of benzene rings is 2. The van der Waals surface area contributed by atoms with E-state index in [4.69, 9.17) is 9.47 Å². The first kappa shape index (κ1) is 21.9. The van der Waals surface area contributed by atoms with Crippen LogP contribution < -0.4 is 10.1 Å². The number of hydrogen-bond donors (Lipinski definition) is 1. The van der Waals surface area contributed by atoms with Gasteiger partial charge in [0.25, 0.3) is 0 Å². The number of amides is 1. The molecule has 1 aliphatic rings. The number of anilines is 1. The van der Waals surface area contributed by atoms with Crippen molar-refractivity contribution in [1.82, 2.24) is 9.88 Å². The number of piperidine rings is 1. The summed E-state index contributed by atoms with van der Waals surface area (Å²) in [5, 5.41) is 4.69. The van der Waals surface area contributed by atoms with Crippen molar-refractivity contribution in [3.05, 3.63) is 66.4 Å². The van der Waals surface area contributed by atoms with Crippen LogP contribution in [0.4, 0.5) is 10.5 Å². The molecule has 1 aliphatic heterocycles. The zero-order chi connectivity index (χ0) is 22.6. The second kappa shape index (κ2) is 9.47. The summed E-state index contributed by atoms with van der Waals surface area (Å²) in [4.78, 5) is 18.7. The first-order valence-corrected chi connectivity index (χ1v) is 11.2. The Morgan fingerprint density at radius 2 is 1.81 bits per heavy atom. The third-order valence-electron chi connectivity index (χ3n) is 5.48. The van der Waals surface area contributed by atoms with E-state index in [-0.39, 0.29) is 12.1 Å². The van der Waals surface area contributed by atoms with Gasteiger partial charge in [-0.25, -0.2) is 4.79 Å². The van der Waals surface area contributed by atoms with Gasteiger partial charge in [-0.1, -0.05) is 30.3 Å². The molecule has 1 N–H and O–H groups in total. The van der Waals surface area contributed by atoms with Gasteiger partial charge in [0.15, 0.2) is 0 Å². The summed E-state index contributed by atoms with van der Waals surface area (Å²) in [5.41, 5.74) is 2.54. The Morgan fingerprint density at radius 1 is 1.06 bits per heavy atom. The molecule has 1 saturated heterocycles. The summed E-state index contributed by atoms with van der Waals surface area (Å²) in [7, 11) is 0. The van der Waals surface area contributed by atoms with Crippen molar-refractivity contribution < 1.29 is 14.3 Å². The molecule has 1 amide bonds. The number of nitrogens with zero attached hydrogens (tertiary/aromatic N) is 2. The van der Waals surface area contributed by atoms with Gasteiger partial charge in [0.1, 0.15) is 23.5 Å². The van der Waals surface area contributed by atoms with Crippen molar-refractivity contribution in [1.29, 1.82) is 0 Å². The number of fused-ring (bicyclic) bond motifs is 1. The van der Waals surface area contributed by atoms with E-state index in [0.717, 1.165) is 40.7 Å². The summed E-state index contributed by atoms with van der Waals surface area (Å²) >= 11 is 0. The fourth-order valence-electron chi connectivity index (χ4n) is 3.88. The van der Waals surface area contributed by atoms with Crippen LogP contribution in [0.2, 0.25) is 0 Å². The van der Waals surface area contributed by atoms with Crippen molar-refractivity contribution in [3.8, 4) is 5.75 Å². The summed E-state index contributed by atoms with van der Waals surface area (Å²) in [6.45, 7) is 7.55. The molecule has 6 nitrogen and oxygen atoms in total. The predicted octanol–water partition coefficient (Wildman–Crippen LogP) is 5.63. The number of pyridine rings is 1. The highest BCUT2D eigenvalue weighted by molar-refractivity contribution is 5.95. The average molecular weight is 434 g/mol. The first-order chi connectivity index (χ1) is 15.4. The molecule has 1 aromatic heterocycles. The molecule has 0 atom stereocenters. The van der Waals surface area contributed by atoms with Crippen molar-refractivity contribution >= 4 is 22.7 Å². The van der Waals surface area contributed by atoms with Crippen LogP contribution in [0.5, 0.6) is 5.75 Å². The molecule has 0 radical (unpaired) electrons. The minimum absolute atomic E-state index is 0.231. The Bertz CT molecular complexity index is 1050. The maximum Gasteiger partial charge on any atom is 0.410 e. The molecule has 4 rings (SSSR count). The topological polar surface area (TPSA) is 63.7 Å². The van der Waals surface area contributed by atoms with E-state index < -0.39 is 5.60 Å². The number of hydrogen-bond acceptors (Lipinski definition) is 5. The minimum atomic E-state index is -0.470. The largest absolute Gasteiger partial charge is 0.487 e. The van der Waals surface area contributed by atoms with Gasteiger partial charge in [-0.15, -0.1) is 0 Å². The van der Waals surface area contributed by atoms with Gasteiger partial charge in [-0.3, -0.25) is 4.98 Å². The lowest BCUT2D eigenvalue weighted by atomic mass is 10.0. The predicted molar refractivity (Wildman–Crippen MR) is 127 cm³/mol. The average Bonchev–Trinajstić information content (AvgIpc) is 2.78.